The van der Waals surface area contributed by atoms with Crippen molar-refractivity contribution in [2.24, 2.45) is 0 Å². The monoisotopic (exact) mass is 384 g/mol. The molecule has 1 aliphatic heterocycles. The van der Waals surface area contributed by atoms with Gasteiger partial charge in [-0.15, -0.1) is 11.3 Å². The molecule has 1 unspecified atom stereocenters. The van der Waals surface area contributed by atoms with Crippen molar-refractivity contribution in [3.63, 3.8) is 0 Å². The molecular weight excluding hydrogens is 368 g/mol. The summed E-state index contributed by atoms with van der Waals surface area (Å²) in [6.45, 7) is 2.32. The number of amides is 1. The van der Waals surface area contributed by atoms with Crippen molar-refractivity contribution in [3.05, 3.63) is 62.1 Å². The number of nitrogens with zero attached hydrogens (tertiary/aromatic N) is 2. The molecule has 27 heavy (non-hydrogen) atoms. The molecule has 138 valence electrons. The molecule has 0 fully saturated rings. The SMILES string of the molecule is COCc1cc(C)nc2sc3c(c12)NC(c1ccc([N+](=O)[O-])cc1)NC3=O. The second kappa shape index (κ2) is 6.60. The first-order valence-electron chi connectivity index (χ1n) is 8.21. The van der Waals surface area contributed by atoms with Crippen molar-refractivity contribution < 1.29 is 14.5 Å². The number of nitrogens with one attached hydrogen (secondary N) is 2. The van der Waals surface area contributed by atoms with Crippen molar-refractivity contribution in [1.29, 1.82) is 0 Å². The molecule has 1 atom stereocenters. The summed E-state index contributed by atoms with van der Waals surface area (Å²) in [7, 11) is 1.63. The van der Waals surface area contributed by atoms with Crippen LogP contribution >= 0.6 is 11.3 Å². The minimum Gasteiger partial charge on any atom is -0.380 e. The van der Waals surface area contributed by atoms with Gasteiger partial charge in [0.25, 0.3) is 11.6 Å². The molecule has 1 amide bonds. The summed E-state index contributed by atoms with van der Waals surface area (Å²) in [5.41, 5.74) is 3.28. The van der Waals surface area contributed by atoms with Crippen LogP contribution in [0.15, 0.2) is 30.3 Å². The number of fused-ring (bicyclic) bond motifs is 3. The van der Waals surface area contributed by atoms with E-state index in [1.165, 1.54) is 23.5 Å². The van der Waals surface area contributed by atoms with E-state index in [0.717, 1.165) is 32.7 Å². The van der Waals surface area contributed by atoms with Crippen molar-refractivity contribution >= 4 is 38.8 Å². The van der Waals surface area contributed by atoms with Crippen LogP contribution < -0.4 is 10.6 Å². The molecule has 2 N–H and O–H groups in total. The van der Waals surface area contributed by atoms with Gasteiger partial charge in [0.05, 0.1) is 17.2 Å². The minimum atomic E-state index is -0.486. The van der Waals surface area contributed by atoms with Gasteiger partial charge in [-0.2, -0.15) is 0 Å². The fraction of sp³-hybridized carbons (Fsp3) is 0.222. The van der Waals surface area contributed by atoms with E-state index in [1.807, 2.05) is 13.0 Å². The second-order valence-corrected chi connectivity index (χ2v) is 7.24. The van der Waals surface area contributed by atoms with Gasteiger partial charge >= 0.3 is 0 Å². The zero-order chi connectivity index (χ0) is 19.1. The third-order valence-corrected chi connectivity index (χ3v) is 5.46. The Labute approximate surface area is 158 Å². The van der Waals surface area contributed by atoms with E-state index >= 15 is 0 Å². The van der Waals surface area contributed by atoms with E-state index in [2.05, 4.69) is 15.6 Å². The summed E-state index contributed by atoms with van der Waals surface area (Å²) in [6.07, 6.45) is -0.486. The number of pyridine rings is 1. The first-order chi connectivity index (χ1) is 13.0. The van der Waals surface area contributed by atoms with Gasteiger partial charge in [0.2, 0.25) is 0 Å². The van der Waals surface area contributed by atoms with Gasteiger partial charge in [0.1, 0.15) is 15.9 Å². The summed E-state index contributed by atoms with van der Waals surface area (Å²) in [5, 5.41) is 18.0. The first kappa shape index (κ1) is 17.4. The van der Waals surface area contributed by atoms with Crippen LogP contribution in [0.5, 0.6) is 0 Å². The van der Waals surface area contributed by atoms with E-state index in [-0.39, 0.29) is 11.6 Å². The molecule has 3 aromatic rings. The molecule has 8 nitrogen and oxygen atoms in total. The lowest BCUT2D eigenvalue weighted by Crippen LogP contribution is -2.37. The van der Waals surface area contributed by atoms with Crippen LogP contribution in [0.25, 0.3) is 10.2 Å². The van der Waals surface area contributed by atoms with Gasteiger partial charge in [-0.1, -0.05) is 0 Å². The molecular formula is C18H16N4O4S. The molecule has 1 aliphatic rings. The maximum absolute atomic E-state index is 12.7. The number of aromatic nitrogens is 1. The molecule has 2 aromatic heterocycles. The Morgan fingerprint density at radius 2 is 2.04 bits per heavy atom. The normalized spacial score (nSPS) is 15.9. The number of carbonyl (C=O) groups excluding carboxylic acids is 1. The standard InChI is InChI=1S/C18H16N4O4S/c1-9-7-11(8-26-2)13-14-15(27-18(13)19-9)17(23)21-16(20-14)10-3-5-12(6-4-10)22(24)25/h3-7,16,20H,8H2,1-2H3,(H,21,23). The number of benzene rings is 1. The van der Waals surface area contributed by atoms with Crippen LogP contribution in [0.4, 0.5) is 11.4 Å². The number of nitro groups is 1. The number of hydrogen-bond acceptors (Lipinski definition) is 7. The number of aryl methyl sites for hydroxylation is 1. The molecule has 0 radical (unpaired) electrons. The predicted molar refractivity (Wildman–Crippen MR) is 102 cm³/mol. The smallest absolute Gasteiger partial charge is 0.269 e. The zero-order valence-corrected chi connectivity index (χ0v) is 15.4. The Balaban J connectivity index is 1.78. The highest BCUT2D eigenvalue weighted by molar-refractivity contribution is 7.21. The number of thiophene rings is 1. The van der Waals surface area contributed by atoms with Gasteiger partial charge in [-0.3, -0.25) is 14.9 Å². The number of ether oxygens (including phenoxy) is 1. The number of methoxy groups -OCH3 is 1. The van der Waals surface area contributed by atoms with Gasteiger partial charge in [0, 0.05) is 30.3 Å². The number of carbonyl (C=O) groups is 1. The van der Waals surface area contributed by atoms with Crippen LogP contribution in [0.3, 0.4) is 0 Å². The molecule has 1 aromatic carbocycles. The Morgan fingerprint density at radius 3 is 2.70 bits per heavy atom. The highest BCUT2D eigenvalue weighted by Crippen LogP contribution is 2.41. The molecule has 3 heterocycles. The van der Waals surface area contributed by atoms with Crippen molar-refractivity contribution in [2.45, 2.75) is 19.7 Å². The summed E-state index contributed by atoms with van der Waals surface area (Å²) in [5.74, 6) is -0.198. The van der Waals surface area contributed by atoms with Crippen LogP contribution in [0.2, 0.25) is 0 Å². The molecule has 0 spiro atoms. The van der Waals surface area contributed by atoms with Gasteiger partial charge in [-0.25, -0.2) is 4.98 Å². The maximum atomic E-state index is 12.7. The van der Waals surface area contributed by atoms with Gasteiger partial charge in [-0.05, 0) is 36.2 Å². The topological polar surface area (TPSA) is 106 Å². The minimum absolute atomic E-state index is 0.00427. The van der Waals surface area contributed by atoms with Crippen molar-refractivity contribution in [2.75, 3.05) is 12.4 Å². The van der Waals surface area contributed by atoms with Gasteiger partial charge < -0.3 is 15.4 Å². The zero-order valence-electron chi connectivity index (χ0n) is 14.6. The highest BCUT2D eigenvalue weighted by atomic mass is 32.1. The molecule has 0 saturated carbocycles. The summed E-state index contributed by atoms with van der Waals surface area (Å²) < 4.78 is 5.31. The Morgan fingerprint density at radius 1 is 1.30 bits per heavy atom. The Bertz CT molecular complexity index is 1060. The largest absolute Gasteiger partial charge is 0.380 e. The van der Waals surface area contributed by atoms with Crippen molar-refractivity contribution in [3.8, 4) is 0 Å². The van der Waals surface area contributed by atoms with E-state index < -0.39 is 11.1 Å². The highest BCUT2D eigenvalue weighted by Gasteiger charge is 2.30. The second-order valence-electron chi connectivity index (χ2n) is 6.24. The molecule has 0 aliphatic carbocycles. The van der Waals surface area contributed by atoms with Crippen LogP contribution in [-0.2, 0) is 11.3 Å². The van der Waals surface area contributed by atoms with E-state index in [9.17, 15) is 14.9 Å². The molecule has 9 heteroatoms. The average Bonchev–Trinajstić information content (AvgIpc) is 3.01. The fourth-order valence-corrected chi connectivity index (χ4v) is 4.34. The van der Waals surface area contributed by atoms with Crippen LogP contribution in [-0.4, -0.2) is 22.9 Å². The fourth-order valence-electron chi connectivity index (χ4n) is 3.21. The van der Waals surface area contributed by atoms with Crippen LogP contribution in [0.1, 0.15) is 32.7 Å². The van der Waals surface area contributed by atoms with E-state index in [4.69, 9.17) is 4.74 Å². The molecule has 0 saturated heterocycles. The maximum Gasteiger partial charge on any atom is 0.269 e. The summed E-state index contributed by atoms with van der Waals surface area (Å²) >= 11 is 1.34. The Kier molecular flexibility index (Phi) is 4.25. The van der Waals surface area contributed by atoms with E-state index in [0.29, 0.717) is 11.5 Å². The quantitative estimate of drug-likeness (QED) is 0.527. The molecule has 0 bridgehead atoms. The van der Waals surface area contributed by atoms with Gasteiger partial charge in [0.15, 0.2) is 0 Å². The number of hydrogen-bond donors (Lipinski definition) is 2. The number of rotatable bonds is 4. The third kappa shape index (κ3) is 3.00. The lowest BCUT2D eigenvalue weighted by Gasteiger charge is -2.26. The molecule has 4 rings (SSSR count). The first-order valence-corrected chi connectivity index (χ1v) is 9.03. The number of anilines is 1. The van der Waals surface area contributed by atoms with E-state index in [1.54, 1.807) is 19.2 Å². The lowest BCUT2D eigenvalue weighted by molar-refractivity contribution is -0.384. The summed E-state index contributed by atoms with van der Waals surface area (Å²) in [6, 6.07) is 8.06. The number of non-ortho nitro benzene ring substituents is 1. The van der Waals surface area contributed by atoms with Crippen LogP contribution in [0, 0.1) is 17.0 Å². The van der Waals surface area contributed by atoms with Crippen molar-refractivity contribution in [1.82, 2.24) is 10.3 Å². The third-order valence-electron chi connectivity index (χ3n) is 4.38. The number of nitro benzene ring substituents is 1. The summed E-state index contributed by atoms with van der Waals surface area (Å²) in [4.78, 5) is 29.0. The average molecular weight is 384 g/mol. The predicted octanol–water partition coefficient (Wildman–Crippen LogP) is 3.51. The lowest BCUT2D eigenvalue weighted by atomic mass is 10.1. The Hall–Kier alpha value is -3.04.